The van der Waals surface area contributed by atoms with Crippen molar-refractivity contribution in [3.8, 4) is 5.82 Å². The van der Waals surface area contributed by atoms with Crippen molar-refractivity contribution >= 4 is 57.7 Å². The fourth-order valence-corrected chi connectivity index (χ4v) is 3.74. The lowest BCUT2D eigenvalue weighted by atomic mass is 10.1. The average Bonchev–Trinajstić information content (AvgIpc) is 3.26. The van der Waals surface area contributed by atoms with Crippen molar-refractivity contribution in [1.29, 1.82) is 0 Å². The molecule has 0 saturated carbocycles. The third-order valence-corrected chi connectivity index (χ3v) is 5.46. The summed E-state index contributed by atoms with van der Waals surface area (Å²) in [5, 5.41) is 7.73. The topological polar surface area (TPSA) is 106 Å². The molecule has 2 amide bonds. The predicted molar refractivity (Wildman–Crippen MR) is 121 cm³/mol. The monoisotopic (exact) mass is 508 g/mol. The molecule has 0 atom stereocenters. The zero-order valence-electron chi connectivity index (χ0n) is 16.8. The highest BCUT2D eigenvalue weighted by Gasteiger charge is 2.37. The van der Waals surface area contributed by atoms with Gasteiger partial charge in [-0.2, -0.15) is 18.3 Å². The Hall–Kier alpha value is -3.67. The van der Waals surface area contributed by atoms with E-state index in [0.29, 0.717) is 26.5 Å². The fourth-order valence-electron chi connectivity index (χ4n) is 3.22. The van der Waals surface area contributed by atoms with Gasteiger partial charge in [-0.05, 0) is 23.6 Å². The Kier molecular flexibility index (Phi) is 6.17. The van der Waals surface area contributed by atoms with Crippen LogP contribution in [0.2, 0.25) is 10.0 Å². The van der Waals surface area contributed by atoms with Crippen molar-refractivity contribution in [3.63, 3.8) is 0 Å². The molecule has 2 aromatic carbocycles. The van der Waals surface area contributed by atoms with E-state index in [1.54, 1.807) is 24.3 Å². The number of nitrogens with one attached hydrogen (secondary N) is 1. The van der Waals surface area contributed by atoms with Crippen LogP contribution in [-0.4, -0.2) is 27.1 Å². The van der Waals surface area contributed by atoms with E-state index in [1.165, 1.54) is 24.4 Å². The maximum Gasteiger partial charge on any atom is 0.435 e. The van der Waals surface area contributed by atoms with Gasteiger partial charge in [0.15, 0.2) is 11.5 Å². The smallest absolute Gasteiger partial charge is 0.317 e. The standard InChI is InChI=1S/C21H13Cl2F3N6O2/c22-13-6-3-7-28-19(13)32-15(9-16(30-32)21(24,25)26)20(34)29-18-14(31(27)10-33)8-11-4-1-2-5-12(11)17(18)23/h1-10H,27H2,(H,29,34). The van der Waals surface area contributed by atoms with Crippen LogP contribution < -0.4 is 16.2 Å². The van der Waals surface area contributed by atoms with Crippen molar-refractivity contribution in [3.05, 3.63) is 76.2 Å². The molecule has 0 radical (unpaired) electrons. The van der Waals surface area contributed by atoms with Crippen molar-refractivity contribution in [2.45, 2.75) is 6.18 Å². The van der Waals surface area contributed by atoms with Crippen molar-refractivity contribution in [2.75, 3.05) is 10.3 Å². The number of carbonyl (C=O) groups is 2. The number of anilines is 2. The van der Waals surface area contributed by atoms with Crippen LogP contribution in [0.25, 0.3) is 16.6 Å². The van der Waals surface area contributed by atoms with E-state index in [1.807, 2.05) is 0 Å². The Morgan fingerprint density at radius 1 is 1.15 bits per heavy atom. The van der Waals surface area contributed by atoms with Crippen LogP contribution in [0.4, 0.5) is 24.5 Å². The van der Waals surface area contributed by atoms with E-state index in [0.717, 1.165) is 0 Å². The molecule has 3 N–H and O–H groups in total. The Balaban J connectivity index is 1.87. The summed E-state index contributed by atoms with van der Waals surface area (Å²) in [4.78, 5) is 28.5. The highest BCUT2D eigenvalue weighted by Crippen LogP contribution is 2.39. The molecule has 0 aliphatic carbocycles. The number of benzene rings is 2. The predicted octanol–water partition coefficient (Wildman–Crippen LogP) is 4.83. The number of alkyl halides is 3. The average molecular weight is 509 g/mol. The first-order valence-electron chi connectivity index (χ1n) is 9.41. The number of hydrogen-bond donors (Lipinski definition) is 2. The Morgan fingerprint density at radius 2 is 1.88 bits per heavy atom. The van der Waals surface area contributed by atoms with E-state index in [4.69, 9.17) is 29.0 Å². The third kappa shape index (κ3) is 4.28. The molecule has 4 aromatic rings. The number of fused-ring (bicyclic) bond motifs is 1. The number of hydrogen-bond acceptors (Lipinski definition) is 5. The largest absolute Gasteiger partial charge is 0.435 e. The second-order valence-electron chi connectivity index (χ2n) is 6.91. The summed E-state index contributed by atoms with van der Waals surface area (Å²) in [5.41, 5.74) is -1.94. The maximum absolute atomic E-state index is 13.4. The second kappa shape index (κ2) is 8.93. The quantitative estimate of drug-likeness (QED) is 0.174. The lowest BCUT2D eigenvalue weighted by Gasteiger charge is -2.19. The summed E-state index contributed by atoms with van der Waals surface area (Å²) >= 11 is 12.6. The lowest BCUT2D eigenvalue weighted by Crippen LogP contribution is -2.30. The molecule has 0 saturated heterocycles. The Bertz CT molecular complexity index is 1420. The molecule has 174 valence electrons. The highest BCUT2D eigenvalue weighted by atomic mass is 35.5. The van der Waals surface area contributed by atoms with E-state index in [2.05, 4.69) is 15.4 Å². The zero-order chi connectivity index (χ0) is 24.6. The number of carbonyl (C=O) groups excluding carboxylic acids is 2. The van der Waals surface area contributed by atoms with Gasteiger partial charge in [0.1, 0.15) is 5.69 Å². The van der Waals surface area contributed by atoms with Crippen molar-refractivity contribution in [2.24, 2.45) is 5.84 Å². The number of nitrogens with two attached hydrogens (primary N) is 1. The number of halogens is 5. The van der Waals surface area contributed by atoms with Gasteiger partial charge in [0.2, 0.25) is 6.41 Å². The first-order valence-corrected chi connectivity index (χ1v) is 10.2. The Morgan fingerprint density at radius 3 is 2.56 bits per heavy atom. The van der Waals surface area contributed by atoms with Crippen LogP contribution >= 0.6 is 23.2 Å². The molecular weight excluding hydrogens is 496 g/mol. The summed E-state index contributed by atoms with van der Waals surface area (Å²) in [5.74, 6) is 4.52. The normalized spacial score (nSPS) is 11.5. The van der Waals surface area contributed by atoms with E-state index < -0.39 is 23.5 Å². The van der Waals surface area contributed by atoms with Crippen LogP contribution in [0, 0.1) is 0 Å². The molecule has 0 aliphatic rings. The molecule has 0 fully saturated rings. The number of pyridine rings is 1. The molecular formula is C21H13Cl2F3N6O2. The van der Waals surface area contributed by atoms with Crippen LogP contribution in [0.5, 0.6) is 0 Å². The molecule has 34 heavy (non-hydrogen) atoms. The zero-order valence-corrected chi connectivity index (χ0v) is 18.4. The lowest BCUT2D eigenvalue weighted by molar-refractivity contribution is -0.141. The van der Waals surface area contributed by atoms with Crippen molar-refractivity contribution < 1.29 is 22.8 Å². The number of rotatable bonds is 5. The SMILES string of the molecule is NN(C=O)c1cc2ccccc2c(Cl)c1NC(=O)c1cc(C(F)(F)F)nn1-c1ncccc1Cl. The molecule has 0 spiro atoms. The van der Waals surface area contributed by atoms with E-state index >= 15 is 0 Å². The molecule has 0 bridgehead atoms. The molecule has 8 nitrogen and oxygen atoms in total. The number of nitrogens with zero attached hydrogens (tertiary/aromatic N) is 4. The summed E-state index contributed by atoms with van der Waals surface area (Å²) in [6.45, 7) is 0. The molecule has 2 aromatic heterocycles. The molecule has 13 heteroatoms. The molecule has 0 aliphatic heterocycles. The summed E-state index contributed by atoms with van der Waals surface area (Å²) in [6.07, 6.45) is -3.28. The minimum Gasteiger partial charge on any atom is -0.317 e. The maximum atomic E-state index is 13.4. The number of aromatic nitrogens is 3. The summed E-state index contributed by atoms with van der Waals surface area (Å²) in [7, 11) is 0. The molecule has 4 rings (SSSR count). The number of amides is 2. The minimum atomic E-state index is -4.85. The first-order chi connectivity index (χ1) is 16.1. The van der Waals surface area contributed by atoms with Gasteiger partial charge >= 0.3 is 6.18 Å². The van der Waals surface area contributed by atoms with Crippen LogP contribution in [0.1, 0.15) is 16.2 Å². The minimum absolute atomic E-state index is 0.0185. The molecule has 0 unspecified atom stereocenters. The molecule has 2 heterocycles. The van der Waals surface area contributed by atoms with E-state index in [9.17, 15) is 22.8 Å². The number of hydrazine groups is 1. The third-order valence-electron chi connectivity index (χ3n) is 4.77. The fraction of sp³-hybridized carbons (Fsp3) is 0.0476. The first kappa shape index (κ1) is 23.5. The van der Waals surface area contributed by atoms with Crippen LogP contribution in [0.3, 0.4) is 0 Å². The van der Waals surface area contributed by atoms with Gasteiger partial charge in [-0.25, -0.2) is 20.5 Å². The van der Waals surface area contributed by atoms with Crippen molar-refractivity contribution in [1.82, 2.24) is 14.8 Å². The van der Waals surface area contributed by atoms with Gasteiger partial charge in [-0.15, -0.1) is 0 Å². The van der Waals surface area contributed by atoms with Gasteiger partial charge in [0.05, 0.1) is 21.4 Å². The van der Waals surface area contributed by atoms with Crippen LogP contribution in [-0.2, 0) is 11.0 Å². The van der Waals surface area contributed by atoms with Gasteiger partial charge < -0.3 is 5.32 Å². The summed E-state index contributed by atoms with van der Waals surface area (Å²) in [6, 6.07) is 11.7. The van der Waals surface area contributed by atoms with Crippen LogP contribution in [0.15, 0.2) is 54.7 Å². The second-order valence-corrected chi connectivity index (χ2v) is 7.69. The summed E-state index contributed by atoms with van der Waals surface area (Å²) < 4.78 is 40.9. The highest BCUT2D eigenvalue weighted by molar-refractivity contribution is 6.40. The van der Waals surface area contributed by atoms with E-state index in [-0.39, 0.29) is 33.6 Å². The van der Waals surface area contributed by atoms with Gasteiger partial charge in [-0.3, -0.25) is 9.59 Å². The van der Waals surface area contributed by atoms with Gasteiger partial charge in [-0.1, -0.05) is 47.5 Å². The Labute approximate surface area is 199 Å². The van der Waals surface area contributed by atoms with Gasteiger partial charge in [0.25, 0.3) is 5.91 Å². The van der Waals surface area contributed by atoms with Gasteiger partial charge in [0, 0.05) is 17.6 Å².